The zero-order chi connectivity index (χ0) is 15.4. The molecule has 112 valence electrons. The Morgan fingerprint density at radius 1 is 1.19 bits per heavy atom. The summed E-state index contributed by atoms with van der Waals surface area (Å²) in [4.78, 5) is 35.8. The number of likely N-dealkylation sites (tertiary alicyclic amines) is 1. The average Bonchev–Trinajstić information content (AvgIpc) is 2.75. The fourth-order valence-corrected chi connectivity index (χ4v) is 2.41. The molecule has 1 aromatic rings. The van der Waals surface area contributed by atoms with Crippen LogP contribution in [0.5, 0.6) is 0 Å². The van der Waals surface area contributed by atoms with Crippen LogP contribution in [0.4, 0.5) is 0 Å². The van der Waals surface area contributed by atoms with Crippen molar-refractivity contribution in [2.24, 2.45) is 0 Å². The minimum absolute atomic E-state index is 0.150. The summed E-state index contributed by atoms with van der Waals surface area (Å²) in [5.74, 6) is -0.508. The van der Waals surface area contributed by atoms with Gasteiger partial charge < -0.3 is 5.32 Å². The first-order chi connectivity index (χ1) is 9.97. The van der Waals surface area contributed by atoms with Crippen LogP contribution in [0, 0.1) is 13.8 Å². The van der Waals surface area contributed by atoms with Crippen molar-refractivity contribution in [3.05, 3.63) is 34.9 Å². The summed E-state index contributed by atoms with van der Waals surface area (Å²) in [6, 6.07) is 6.08. The molecule has 1 N–H and O–H groups in total. The van der Waals surface area contributed by atoms with Gasteiger partial charge >= 0.3 is 0 Å². The lowest BCUT2D eigenvalue weighted by Gasteiger charge is -2.13. The summed E-state index contributed by atoms with van der Waals surface area (Å²) in [6.07, 6.45) is 0.689. The van der Waals surface area contributed by atoms with E-state index in [2.05, 4.69) is 11.4 Å². The van der Waals surface area contributed by atoms with Crippen molar-refractivity contribution in [2.75, 3.05) is 6.54 Å². The molecule has 0 aliphatic carbocycles. The molecule has 0 atom stereocenters. The predicted molar refractivity (Wildman–Crippen MR) is 78.3 cm³/mol. The van der Waals surface area contributed by atoms with Crippen LogP contribution >= 0.6 is 0 Å². The average molecular weight is 288 g/mol. The van der Waals surface area contributed by atoms with Gasteiger partial charge in [0.05, 0.1) is 0 Å². The van der Waals surface area contributed by atoms with E-state index < -0.39 is 0 Å². The number of carbonyl (C=O) groups excluding carboxylic acids is 3. The van der Waals surface area contributed by atoms with Gasteiger partial charge in [-0.1, -0.05) is 23.8 Å². The molecule has 0 saturated carbocycles. The molecule has 0 radical (unpaired) electrons. The molecule has 21 heavy (non-hydrogen) atoms. The first-order valence-corrected chi connectivity index (χ1v) is 7.13. The number of nitrogens with zero attached hydrogens (tertiary/aromatic N) is 1. The second kappa shape index (κ2) is 6.52. The molecule has 0 spiro atoms. The molecule has 1 fully saturated rings. The number of imide groups is 1. The van der Waals surface area contributed by atoms with Crippen LogP contribution in [-0.2, 0) is 20.9 Å². The van der Waals surface area contributed by atoms with Gasteiger partial charge in [0, 0.05) is 32.4 Å². The highest BCUT2D eigenvalue weighted by atomic mass is 16.2. The number of aryl methyl sites for hydroxylation is 2. The smallest absolute Gasteiger partial charge is 0.229 e. The van der Waals surface area contributed by atoms with Gasteiger partial charge in [0.25, 0.3) is 0 Å². The molecule has 0 aromatic heterocycles. The molecular formula is C16H20N2O3. The second-order valence-corrected chi connectivity index (χ2v) is 5.40. The number of hydrogen-bond acceptors (Lipinski definition) is 3. The summed E-state index contributed by atoms with van der Waals surface area (Å²) >= 11 is 0. The van der Waals surface area contributed by atoms with Crippen LogP contribution in [0.15, 0.2) is 18.2 Å². The quantitative estimate of drug-likeness (QED) is 0.834. The summed E-state index contributed by atoms with van der Waals surface area (Å²) < 4.78 is 0. The van der Waals surface area contributed by atoms with Gasteiger partial charge in [-0.05, 0) is 25.0 Å². The minimum atomic E-state index is -0.179. The van der Waals surface area contributed by atoms with E-state index in [1.54, 1.807) is 0 Å². The van der Waals surface area contributed by atoms with Gasteiger partial charge in [-0.2, -0.15) is 0 Å². The molecule has 0 unspecified atom stereocenters. The van der Waals surface area contributed by atoms with Crippen molar-refractivity contribution < 1.29 is 14.4 Å². The standard InChI is InChI=1S/C16H20N2O3/c1-11-3-4-13(12(2)9-11)10-17-14(19)7-8-18-15(20)5-6-16(18)21/h3-4,9H,5-8,10H2,1-2H3,(H,17,19). The van der Waals surface area contributed by atoms with Crippen molar-refractivity contribution in [1.82, 2.24) is 10.2 Å². The van der Waals surface area contributed by atoms with E-state index in [1.165, 1.54) is 10.5 Å². The van der Waals surface area contributed by atoms with Gasteiger partial charge in [-0.15, -0.1) is 0 Å². The summed E-state index contributed by atoms with van der Waals surface area (Å²) in [5, 5.41) is 2.82. The highest BCUT2D eigenvalue weighted by Gasteiger charge is 2.28. The van der Waals surface area contributed by atoms with Crippen LogP contribution in [0.2, 0.25) is 0 Å². The van der Waals surface area contributed by atoms with E-state index in [-0.39, 0.29) is 43.5 Å². The lowest BCUT2D eigenvalue weighted by atomic mass is 10.1. The number of amides is 3. The second-order valence-electron chi connectivity index (χ2n) is 5.40. The highest BCUT2D eigenvalue weighted by molar-refractivity contribution is 6.02. The van der Waals surface area contributed by atoms with E-state index in [1.807, 2.05) is 26.0 Å². The molecule has 2 rings (SSSR count). The molecule has 1 aromatic carbocycles. The Hall–Kier alpha value is -2.17. The Balaban J connectivity index is 1.80. The lowest BCUT2D eigenvalue weighted by Crippen LogP contribution is -2.34. The van der Waals surface area contributed by atoms with Gasteiger partial charge in [-0.25, -0.2) is 0 Å². The zero-order valence-corrected chi connectivity index (χ0v) is 12.4. The van der Waals surface area contributed by atoms with Crippen molar-refractivity contribution in [3.63, 3.8) is 0 Å². The van der Waals surface area contributed by atoms with Gasteiger partial charge in [0.2, 0.25) is 17.7 Å². The fourth-order valence-electron chi connectivity index (χ4n) is 2.41. The molecule has 0 bridgehead atoms. The fraction of sp³-hybridized carbons (Fsp3) is 0.438. The minimum Gasteiger partial charge on any atom is -0.352 e. The Morgan fingerprint density at radius 3 is 2.48 bits per heavy atom. The van der Waals surface area contributed by atoms with Gasteiger partial charge in [-0.3, -0.25) is 19.3 Å². The molecule has 1 saturated heterocycles. The Morgan fingerprint density at radius 2 is 1.86 bits per heavy atom. The molecule has 5 nitrogen and oxygen atoms in total. The van der Waals surface area contributed by atoms with Gasteiger partial charge in [0.15, 0.2) is 0 Å². The lowest BCUT2D eigenvalue weighted by molar-refractivity contribution is -0.138. The predicted octanol–water partition coefficient (Wildman–Crippen LogP) is 1.46. The topological polar surface area (TPSA) is 66.5 Å². The molecule has 3 amide bonds. The van der Waals surface area contributed by atoms with Crippen LogP contribution in [0.3, 0.4) is 0 Å². The molecular weight excluding hydrogens is 268 g/mol. The third-order valence-corrected chi connectivity index (χ3v) is 3.69. The maximum atomic E-state index is 11.8. The molecule has 1 heterocycles. The third-order valence-electron chi connectivity index (χ3n) is 3.69. The van der Waals surface area contributed by atoms with Crippen molar-refractivity contribution in [1.29, 1.82) is 0 Å². The van der Waals surface area contributed by atoms with E-state index in [9.17, 15) is 14.4 Å². The van der Waals surface area contributed by atoms with Crippen LogP contribution in [-0.4, -0.2) is 29.2 Å². The van der Waals surface area contributed by atoms with E-state index in [0.29, 0.717) is 6.54 Å². The van der Waals surface area contributed by atoms with Crippen molar-refractivity contribution >= 4 is 17.7 Å². The number of benzene rings is 1. The largest absolute Gasteiger partial charge is 0.352 e. The Labute approximate surface area is 124 Å². The molecule has 5 heteroatoms. The van der Waals surface area contributed by atoms with Crippen LogP contribution in [0.1, 0.15) is 36.0 Å². The zero-order valence-electron chi connectivity index (χ0n) is 12.4. The SMILES string of the molecule is Cc1ccc(CNC(=O)CCN2C(=O)CCC2=O)c(C)c1. The maximum absolute atomic E-state index is 11.8. The monoisotopic (exact) mass is 288 g/mol. The first kappa shape index (κ1) is 15.2. The Bertz CT molecular complexity index is 565. The van der Waals surface area contributed by atoms with Crippen LogP contribution in [0.25, 0.3) is 0 Å². The number of nitrogens with one attached hydrogen (secondary N) is 1. The normalized spacial score (nSPS) is 14.7. The number of rotatable bonds is 5. The van der Waals surface area contributed by atoms with E-state index >= 15 is 0 Å². The van der Waals surface area contributed by atoms with Crippen molar-refractivity contribution in [2.45, 2.75) is 39.7 Å². The van der Waals surface area contributed by atoms with E-state index in [0.717, 1.165) is 11.1 Å². The highest BCUT2D eigenvalue weighted by Crippen LogP contribution is 2.12. The number of hydrogen-bond donors (Lipinski definition) is 1. The third kappa shape index (κ3) is 3.90. The Kier molecular flexibility index (Phi) is 4.73. The summed E-state index contributed by atoms with van der Waals surface area (Å²) in [6.45, 7) is 4.68. The summed E-state index contributed by atoms with van der Waals surface area (Å²) in [5.41, 5.74) is 3.40. The first-order valence-electron chi connectivity index (χ1n) is 7.13. The maximum Gasteiger partial charge on any atom is 0.229 e. The molecule has 1 aliphatic heterocycles. The van der Waals surface area contributed by atoms with Crippen LogP contribution < -0.4 is 5.32 Å². The van der Waals surface area contributed by atoms with E-state index in [4.69, 9.17) is 0 Å². The number of carbonyl (C=O) groups is 3. The molecule has 1 aliphatic rings. The summed E-state index contributed by atoms with van der Waals surface area (Å²) in [7, 11) is 0. The van der Waals surface area contributed by atoms with Gasteiger partial charge in [0.1, 0.15) is 0 Å². The van der Waals surface area contributed by atoms with Crippen molar-refractivity contribution in [3.8, 4) is 0 Å².